The Hall–Kier alpha value is -1.49. The van der Waals surface area contributed by atoms with E-state index in [2.05, 4.69) is 0 Å². The number of carbonyl (C=O) groups excluding carboxylic acids is 1. The van der Waals surface area contributed by atoms with Crippen molar-refractivity contribution in [2.75, 3.05) is 18.8 Å². The Morgan fingerprint density at radius 1 is 1.35 bits per heavy atom. The van der Waals surface area contributed by atoms with Crippen LogP contribution in [0.1, 0.15) is 13.3 Å². The second-order valence-electron chi connectivity index (χ2n) is 5.15. The third-order valence-electron chi connectivity index (χ3n) is 3.68. The third-order valence-corrected chi connectivity index (χ3v) is 4.68. The minimum absolute atomic E-state index is 0.0203. The average Bonchev–Trinajstić information content (AvgIpc) is 2.45. The van der Waals surface area contributed by atoms with Gasteiger partial charge in [0, 0.05) is 18.0 Å². The number of likely N-dealkylation sites (tertiary alicyclic amines) is 1. The van der Waals surface area contributed by atoms with Crippen LogP contribution in [-0.4, -0.2) is 40.7 Å². The van der Waals surface area contributed by atoms with E-state index >= 15 is 0 Å². The molecule has 1 aromatic carbocycles. The Morgan fingerprint density at radius 2 is 2.05 bits per heavy atom. The van der Waals surface area contributed by atoms with Crippen molar-refractivity contribution in [1.29, 1.82) is 0 Å². The van der Waals surface area contributed by atoms with Crippen molar-refractivity contribution in [3.05, 3.63) is 30.3 Å². The highest BCUT2D eigenvalue weighted by molar-refractivity contribution is 8.00. The zero-order valence-electron chi connectivity index (χ0n) is 11.5. The Kier molecular flexibility index (Phi) is 5.06. The largest absolute Gasteiger partial charge is 0.481 e. The van der Waals surface area contributed by atoms with Gasteiger partial charge in [-0.05, 0) is 24.5 Å². The lowest BCUT2D eigenvalue weighted by Crippen LogP contribution is -2.45. The lowest BCUT2D eigenvalue weighted by atomic mass is 9.87. The van der Waals surface area contributed by atoms with Crippen molar-refractivity contribution in [1.82, 2.24) is 4.90 Å². The quantitative estimate of drug-likeness (QED) is 0.866. The molecule has 2 atom stereocenters. The first-order chi connectivity index (χ1) is 9.58. The molecule has 2 unspecified atom stereocenters. The Morgan fingerprint density at radius 3 is 2.65 bits per heavy atom. The van der Waals surface area contributed by atoms with Crippen molar-refractivity contribution in [2.45, 2.75) is 18.2 Å². The van der Waals surface area contributed by atoms with Gasteiger partial charge in [0.05, 0.1) is 11.7 Å². The number of carbonyl (C=O) groups is 2. The van der Waals surface area contributed by atoms with Crippen molar-refractivity contribution < 1.29 is 14.7 Å². The molecule has 0 saturated carbocycles. The summed E-state index contributed by atoms with van der Waals surface area (Å²) in [6.07, 6.45) is 0.554. The van der Waals surface area contributed by atoms with E-state index in [1.165, 1.54) is 11.8 Å². The van der Waals surface area contributed by atoms with Gasteiger partial charge in [-0.2, -0.15) is 0 Å². The van der Waals surface area contributed by atoms with Gasteiger partial charge in [-0.1, -0.05) is 25.1 Å². The molecule has 1 fully saturated rings. The summed E-state index contributed by atoms with van der Waals surface area (Å²) >= 11 is 1.52. The number of carboxylic acid groups (broad SMARTS) is 1. The average molecular weight is 293 g/mol. The molecular weight excluding hydrogens is 274 g/mol. The summed E-state index contributed by atoms with van der Waals surface area (Å²) in [5.74, 6) is -0.542. The van der Waals surface area contributed by atoms with Gasteiger partial charge in [-0.25, -0.2) is 0 Å². The molecule has 1 aliphatic heterocycles. The minimum Gasteiger partial charge on any atom is -0.481 e. The van der Waals surface area contributed by atoms with Gasteiger partial charge in [0.25, 0.3) is 0 Å². The van der Waals surface area contributed by atoms with E-state index in [-0.39, 0.29) is 17.7 Å². The number of amides is 1. The van der Waals surface area contributed by atoms with Crippen molar-refractivity contribution in [3.63, 3.8) is 0 Å². The number of hydrogen-bond donors (Lipinski definition) is 1. The lowest BCUT2D eigenvalue weighted by Gasteiger charge is -2.34. The van der Waals surface area contributed by atoms with E-state index in [1.54, 1.807) is 4.90 Å². The van der Waals surface area contributed by atoms with Crippen LogP contribution in [-0.2, 0) is 9.59 Å². The number of nitrogens with zero attached hydrogens (tertiary/aromatic N) is 1. The fraction of sp³-hybridized carbons (Fsp3) is 0.467. The number of thioether (sulfide) groups is 1. The summed E-state index contributed by atoms with van der Waals surface area (Å²) in [6, 6.07) is 9.82. The molecule has 0 spiro atoms. The maximum Gasteiger partial charge on any atom is 0.306 e. The van der Waals surface area contributed by atoms with Gasteiger partial charge in [-0.15, -0.1) is 11.8 Å². The molecule has 0 bridgehead atoms. The number of carboxylic acids is 1. The molecule has 1 N–H and O–H groups in total. The molecule has 2 rings (SSSR count). The molecular formula is C15H19NO3S. The number of benzene rings is 1. The normalized spacial score (nSPS) is 22.6. The maximum atomic E-state index is 12.2. The van der Waals surface area contributed by atoms with Crippen LogP contribution in [0.3, 0.4) is 0 Å². The van der Waals surface area contributed by atoms with Crippen LogP contribution in [0, 0.1) is 11.8 Å². The van der Waals surface area contributed by atoms with Gasteiger partial charge >= 0.3 is 5.97 Å². The van der Waals surface area contributed by atoms with Crippen LogP contribution in [0.15, 0.2) is 35.2 Å². The molecule has 1 aliphatic rings. The molecule has 1 saturated heterocycles. The molecule has 4 nitrogen and oxygen atoms in total. The second-order valence-corrected chi connectivity index (χ2v) is 6.20. The highest BCUT2D eigenvalue weighted by Crippen LogP contribution is 2.25. The molecule has 5 heteroatoms. The number of piperidine rings is 1. The van der Waals surface area contributed by atoms with Crippen molar-refractivity contribution in [2.24, 2.45) is 11.8 Å². The highest BCUT2D eigenvalue weighted by Gasteiger charge is 2.32. The fourth-order valence-electron chi connectivity index (χ4n) is 2.49. The van der Waals surface area contributed by atoms with E-state index in [4.69, 9.17) is 5.11 Å². The van der Waals surface area contributed by atoms with Crippen molar-refractivity contribution >= 4 is 23.6 Å². The first-order valence-corrected chi connectivity index (χ1v) is 7.75. The van der Waals surface area contributed by atoms with Gasteiger partial charge in [0.15, 0.2) is 0 Å². The van der Waals surface area contributed by atoms with Gasteiger partial charge in [-0.3, -0.25) is 9.59 Å². The van der Waals surface area contributed by atoms with Gasteiger partial charge < -0.3 is 10.0 Å². The molecule has 0 aliphatic carbocycles. The Balaban J connectivity index is 1.84. The zero-order chi connectivity index (χ0) is 14.5. The molecule has 20 heavy (non-hydrogen) atoms. The zero-order valence-corrected chi connectivity index (χ0v) is 12.3. The van der Waals surface area contributed by atoms with E-state index < -0.39 is 5.97 Å². The second kappa shape index (κ2) is 6.79. The van der Waals surface area contributed by atoms with Gasteiger partial charge in [0.2, 0.25) is 5.91 Å². The molecule has 0 aromatic heterocycles. The summed E-state index contributed by atoms with van der Waals surface area (Å²) in [5.41, 5.74) is 0. The number of aliphatic carboxylic acids is 1. The summed E-state index contributed by atoms with van der Waals surface area (Å²) in [7, 11) is 0. The third kappa shape index (κ3) is 3.76. The van der Waals surface area contributed by atoms with Crippen LogP contribution < -0.4 is 0 Å². The van der Waals surface area contributed by atoms with Crippen LogP contribution >= 0.6 is 11.8 Å². The van der Waals surface area contributed by atoms with E-state index in [0.29, 0.717) is 25.3 Å². The first kappa shape index (κ1) is 14.9. The first-order valence-electron chi connectivity index (χ1n) is 6.76. The van der Waals surface area contributed by atoms with Crippen LogP contribution in [0.2, 0.25) is 0 Å². The van der Waals surface area contributed by atoms with Crippen molar-refractivity contribution in [3.8, 4) is 0 Å². The standard InChI is InChI=1S/C15H19NO3S/c1-11-9-16(8-7-13(11)15(18)19)14(17)10-20-12-5-3-2-4-6-12/h2-6,11,13H,7-10H2,1H3,(H,18,19). The summed E-state index contributed by atoms with van der Waals surface area (Å²) in [6.45, 7) is 3.00. The molecule has 108 valence electrons. The predicted molar refractivity (Wildman–Crippen MR) is 78.7 cm³/mol. The summed E-state index contributed by atoms with van der Waals surface area (Å²) in [5, 5.41) is 9.08. The van der Waals surface area contributed by atoms with Crippen LogP contribution in [0.25, 0.3) is 0 Å². The summed E-state index contributed by atoms with van der Waals surface area (Å²) in [4.78, 5) is 26.1. The molecule has 0 radical (unpaired) electrons. The Labute approximate surface area is 123 Å². The lowest BCUT2D eigenvalue weighted by molar-refractivity contribution is -0.147. The van der Waals surface area contributed by atoms with E-state index in [0.717, 1.165) is 4.90 Å². The molecule has 1 heterocycles. The SMILES string of the molecule is CC1CN(C(=O)CSc2ccccc2)CCC1C(=O)O. The van der Waals surface area contributed by atoms with E-state index in [1.807, 2.05) is 37.3 Å². The van der Waals surface area contributed by atoms with E-state index in [9.17, 15) is 9.59 Å². The topological polar surface area (TPSA) is 57.6 Å². The molecule has 1 aromatic rings. The monoisotopic (exact) mass is 293 g/mol. The smallest absolute Gasteiger partial charge is 0.306 e. The minimum atomic E-state index is -0.747. The number of hydrogen-bond acceptors (Lipinski definition) is 3. The molecule has 1 amide bonds. The maximum absolute atomic E-state index is 12.2. The number of rotatable bonds is 4. The van der Waals surface area contributed by atoms with Gasteiger partial charge in [0.1, 0.15) is 0 Å². The fourth-order valence-corrected chi connectivity index (χ4v) is 3.31. The van der Waals surface area contributed by atoms with Crippen LogP contribution in [0.5, 0.6) is 0 Å². The summed E-state index contributed by atoms with van der Waals surface area (Å²) < 4.78 is 0. The predicted octanol–water partition coefficient (Wildman–Crippen LogP) is 2.35. The Bertz CT molecular complexity index is 477. The highest BCUT2D eigenvalue weighted by atomic mass is 32.2. The van der Waals surface area contributed by atoms with Crippen LogP contribution in [0.4, 0.5) is 0 Å².